The average Bonchev–Trinajstić information content (AvgIpc) is 2.46. The molecule has 0 aromatic carbocycles. The summed E-state index contributed by atoms with van der Waals surface area (Å²) in [6, 6.07) is 0. The van der Waals surface area contributed by atoms with Crippen LogP contribution in [-0.2, 0) is 32.3 Å². The van der Waals surface area contributed by atoms with Crippen LogP contribution in [0.1, 0.15) is 20.8 Å². The number of ether oxygens (including phenoxy) is 1. The van der Waals surface area contributed by atoms with Crippen molar-refractivity contribution < 1.29 is 32.3 Å². The van der Waals surface area contributed by atoms with E-state index in [2.05, 4.69) is 17.9 Å². The number of rotatable bonds is 6. The second kappa shape index (κ2) is 9.61. The Balaban J connectivity index is 0. The van der Waals surface area contributed by atoms with Gasteiger partial charge in [0.2, 0.25) is 0 Å². The average molecular weight is 362 g/mol. The first kappa shape index (κ1) is 22.0. The Morgan fingerprint density at radius 2 is 1.60 bits per heavy atom. The van der Waals surface area contributed by atoms with Gasteiger partial charge in [0, 0.05) is 0 Å². The molecule has 0 aromatic rings. The van der Waals surface area contributed by atoms with Crippen LogP contribution >= 0.6 is 20.9 Å². The fourth-order valence-corrected chi connectivity index (χ4v) is 5.69. The van der Waals surface area contributed by atoms with Gasteiger partial charge in [0.25, 0.3) is 0 Å². The SMILES string of the molecule is C=C(Cl)C(=O)OC.C=CC(=O)[O][Ti]([Cl])([CH2]C)([CH2]C)[CH2]C. The summed E-state index contributed by atoms with van der Waals surface area (Å²) in [5, 5.41) is -0.0949. The molecule has 0 aliphatic rings. The molecule has 0 aliphatic carbocycles. The second-order valence-corrected chi connectivity index (χ2v) is 17.5. The second-order valence-electron chi connectivity index (χ2n) is 4.24. The molecule has 0 spiro atoms. The minimum atomic E-state index is -3.42. The van der Waals surface area contributed by atoms with E-state index in [-0.39, 0.29) is 11.0 Å². The molecule has 0 amide bonds. The molecule has 0 bridgehead atoms. The van der Waals surface area contributed by atoms with Crippen molar-refractivity contribution in [3.05, 3.63) is 24.3 Å². The molecule has 0 saturated heterocycles. The van der Waals surface area contributed by atoms with Gasteiger partial charge in [0.05, 0.1) is 7.11 Å². The van der Waals surface area contributed by atoms with Gasteiger partial charge in [-0.3, -0.25) is 0 Å². The molecule has 0 saturated carbocycles. The Labute approximate surface area is 131 Å². The summed E-state index contributed by atoms with van der Waals surface area (Å²) < 4.78 is 11.9. The predicted octanol–water partition coefficient (Wildman–Crippen LogP) is 4.70. The normalized spacial score (nSPS) is 12.0. The van der Waals surface area contributed by atoms with Crippen LogP contribution in [0.2, 0.25) is 14.2 Å². The summed E-state index contributed by atoms with van der Waals surface area (Å²) >= 11 is 1.64. The third kappa shape index (κ3) is 7.48. The Kier molecular flexibility index (Phi) is 10.6. The summed E-state index contributed by atoms with van der Waals surface area (Å²) in [6.45, 7) is 12.5. The molecule has 0 rings (SSSR count). The van der Waals surface area contributed by atoms with Gasteiger partial charge in [-0.25, -0.2) is 4.79 Å². The minimum absolute atomic E-state index is 0.0949. The molecule has 4 nitrogen and oxygen atoms in total. The van der Waals surface area contributed by atoms with Crippen molar-refractivity contribution in [3.63, 3.8) is 0 Å². The number of hydrogen-bond acceptors (Lipinski definition) is 4. The Morgan fingerprint density at radius 1 is 1.20 bits per heavy atom. The van der Waals surface area contributed by atoms with Gasteiger partial charge < -0.3 is 4.74 Å². The van der Waals surface area contributed by atoms with E-state index < -0.39 is 20.6 Å². The number of hydrogen-bond donors (Lipinski definition) is 0. The first-order valence-electron chi connectivity index (χ1n) is 6.29. The fourth-order valence-electron chi connectivity index (χ4n) is 1.37. The van der Waals surface area contributed by atoms with Gasteiger partial charge in [0.1, 0.15) is 5.03 Å². The molecule has 0 fully saturated rings. The van der Waals surface area contributed by atoms with Crippen LogP contribution < -0.4 is 0 Å². The standard InChI is InChI=1S/C4H5ClO2.C3H4O2.3C2H5.ClH.Ti/c1-3(5)4(6)7-2;1-2-3(4)5;3*1-2;;/h1H2,2H3;2H,1H2,(H,4,5);3*1H2,2H3;1H;/q;;;;;;+2/p-2. The van der Waals surface area contributed by atoms with Crippen LogP contribution in [-0.4, -0.2) is 19.0 Å². The fraction of sp³-hybridized carbons (Fsp3) is 0.538. The third-order valence-corrected chi connectivity index (χ3v) is 15.4. The molecule has 117 valence electrons. The zero-order chi connectivity index (χ0) is 16.4. The van der Waals surface area contributed by atoms with Crippen molar-refractivity contribution in [2.75, 3.05) is 7.11 Å². The number of carbonyl (C=O) groups is 2. The van der Waals surface area contributed by atoms with Crippen LogP contribution in [0.4, 0.5) is 0 Å². The Morgan fingerprint density at radius 3 is 1.75 bits per heavy atom. The van der Waals surface area contributed by atoms with Crippen molar-refractivity contribution in [2.45, 2.75) is 34.9 Å². The summed E-state index contributed by atoms with van der Waals surface area (Å²) in [5.74, 6) is -0.959. The summed E-state index contributed by atoms with van der Waals surface area (Å²) in [7, 11) is 7.77. The zero-order valence-corrected chi connectivity index (χ0v) is 15.6. The Hall–Kier alpha value is -0.286. The Bertz CT molecular complexity index is 368. The molecule has 7 heteroatoms. The van der Waals surface area contributed by atoms with Gasteiger partial charge in [-0.2, -0.15) is 0 Å². The summed E-state index contributed by atoms with van der Waals surface area (Å²) in [6.07, 6.45) is 1.19. The van der Waals surface area contributed by atoms with Gasteiger partial charge in [-0.05, 0) is 0 Å². The molecular formula is C13H23Cl2O4Ti. The van der Waals surface area contributed by atoms with E-state index in [0.717, 1.165) is 14.2 Å². The molecule has 0 unspecified atom stereocenters. The van der Waals surface area contributed by atoms with Gasteiger partial charge in [-0.15, -0.1) is 0 Å². The molecule has 0 atom stereocenters. The first-order valence-corrected chi connectivity index (χ1v) is 12.8. The van der Waals surface area contributed by atoms with Gasteiger partial charge >= 0.3 is 91.6 Å². The van der Waals surface area contributed by atoms with Crippen molar-refractivity contribution in [1.82, 2.24) is 0 Å². The van der Waals surface area contributed by atoms with Crippen LogP contribution in [0, 0.1) is 0 Å². The van der Waals surface area contributed by atoms with Crippen LogP contribution in [0.15, 0.2) is 24.3 Å². The quantitative estimate of drug-likeness (QED) is 0.391. The van der Waals surface area contributed by atoms with E-state index in [1.807, 2.05) is 20.8 Å². The molecule has 0 aromatic heterocycles. The molecule has 0 N–H and O–H groups in total. The van der Waals surface area contributed by atoms with Crippen molar-refractivity contribution in [3.8, 4) is 0 Å². The number of esters is 1. The summed E-state index contributed by atoms with van der Waals surface area (Å²) in [4.78, 5) is 21.2. The van der Waals surface area contributed by atoms with Gasteiger partial charge in [-0.1, -0.05) is 18.2 Å². The zero-order valence-electron chi connectivity index (χ0n) is 12.5. The van der Waals surface area contributed by atoms with Crippen molar-refractivity contribution >= 4 is 32.8 Å². The number of methoxy groups -OCH3 is 1. The molecule has 20 heavy (non-hydrogen) atoms. The third-order valence-electron chi connectivity index (χ3n) is 3.26. The van der Waals surface area contributed by atoms with Crippen LogP contribution in [0.25, 0.3) is 0 Å². The van der Waals surface area contributed by atoms with E-state index in [0.29, 0.717) is 0 Å². The van der Waals surface area contributed by atoms with E-state index in [1.165, 1.54) is 13.2 Å². The van der Waals surface area contributed by atoms with E-state index in [1.54, 1.807) is 0 Å². The molecule has 0 aliphatic heterocycles. The topological polar surface area (TPSA) is 52.6 Å². The first-order chi connectivity index (χ1) is 9.12. The summed E-state index contributed by atoms with van der Waals surface area (Å²) in [5.41, 5.74) is 0. The van der Waals surface area contributed by atoms with Crippen molar-refractivity contribution in [2.24, 2.45) is 0 Å². The molecule has 0 heterocycles. The number of halogens is 2. The van der Waals surface area contributed by atoms with Crippen LogP contribution in [0.5, 0.6) is 0 Å². The van der Waals surface area contributed by atoms with E-state index in [4.69, 9.17) is 24.2 Å². The number of carbonyl (C=O) groups excluding carboxylic acids is 2. The van der Waals surface area contributed by atoms with E-state index in [9.17, 15) is 9.59 Å². The predicted molar refractivity (Wildman–Crippen MR) is 80.6 cm³/mol. The molecule has 0 radical (unpaired) electrons. The van der Waals surface area contributed by atoms with Crippen molar-refractivity contribution in [1.29, 1.82) is 0 Å². The van der Waals surface area contributed by atoms with E-state index >= 15 is 0 Å². The van der Waals surface area contributed by atoms with Gasteiger partial charge in [0.15, 0.2) is 0 Å². The maximum absolute atomic E-state index is 11.1. The van der Waals surface area contributed by atoms with Crippen LogP contribution in [0.3, 0.4) is 0 Å². The maximum atomic E-state index is 11.1. The monoisotopic (exact) mass is 361 g/mol. The molecular weight excluding hydrogens is 339 g/mol.